The van der Waals surface area contributed by atoms with Gasteiger partial charge in [0.2, 0.25) is 0 Å². The van der Waals surface area contributed by atoms with Crippen LogP contribution in [0.4, 0.5) is 4.79 Å². The van der Waals surface area contributed by atoms with Crippen molar-refractivity contribution in [1.29, 1.82) is 0 Å². The Balaban J connectivity index is 1.63. The number of carbonyl (C=O) groups is 3. The van der Waals surface area contributed by atoms with E-state index in [0.717, 1.165) is 10.5 Å². The molecule has 2 aromatic rings. The highest BCUT2D eigenvalue weighted by molar-refractivity contribution is 6.06. The zero-order chi connectivity index (χ0) is 19.8. The van der Waals surface area contributed by atoms with Crippen LogP contribution in [-0.4, -0.2) is 34.9 Å². The van der Waals surface area contributed by atoms with E-state index >= 15 is 0 Å². The fourth-order valence-electron chi connectivity index (χ4n) is 2.91. The Kier molecular flexibility index (Phi) is 4.73. The standard InChI is InChI=1S/C19H20N2O6/c1-11-4-5-13-12(9-16(23)27-14(13)8-11)10-26-15(22)6-7-21-17(24)19(2,3)20-18(21)25/h4-5,8-9H,6-7,10H2,1-3H3,(H,20,25). The molecule has 0 unspecified atom stereocenters. The van der Waals surface area contributed by atoms with E-state index in [0.29, 0.717) is 16.5 Å². The first-order valence-corrected chi connectivity index (χ1v) is 8.50. The maximum absolute atomic E-state index is 12.1. The minimum atomic E-state index is -0.976. The van der Waals surface area contributed by atoms with Gasteiger partial charge in [0.05, 0.1) is 6.42 Å². The van der Waals surface area contributed by atoms with Gasteiger partial charge in [0.25, 0.3) is 5.91 Å². The van der Waals surface area contributed by atoms with E-state index in [2.05, 4.69) is 5.32 Å². The monoisotopic (exact) mass is 372 g/mol. The Morgan fingerprint density at radius 1 is 1.22 bits per heavy atom. The molecule has 1 fully saturated rings. The summed E-state index contributed by atoms with van der Waals surface area (Å²) in [6.07, 6.45) is -0.131. The molecule has 1 aliphatic heterocycles. The van der Waals surface area contributed by atoms with Crippen molar-refractivity contribution in [2.45, 2.75) is 39.3 Å². The molecule has 3 amide bonds. The van der Waals surface area contributed by atoms with Crippen LogP contribution in [-0.2, 0) is 20.9 Å². The topological polar surface area (TPSA) is 106 Å². The molecule has 3 rings (SSSR count). The van der Waals surface area contributed by atoms with Crippen LogP contribution in [0.25, 0.3) is 11.0 Å². The first-order chi connectivity index (χ1) is 12.7. The van der Waals surface area contributed by atoms with Gasteiger partial charge in [0, 0.05) is 23.6 Å². The van der Waals surface area contributed by atoms with Crippen molar-refractivity contribution in [3.8, 4) is 0 Å². The molecule has 1 saturated heterocycles. The predicted octanol–water partition coefficient (Wildman–Crippen LogP) is 1.87. The normalized spacial score (nSPS) is 15.9. The molecule has 8 heteroatoms. The molecule has 1 N–H and O–H groups in total. The molecule has 0 spiro atoms. The number of nitrogens with one attached hydrogen (secondary N) is 1. The lowest BCUT2D eigenvalue weighted by atomic mass is 10.1. The van der Waals surface area contributed by atoms with Gasteiger partial charge in [-0.2, -0.15) is 0 Å². The van der Waals surface area contributed by atoms with E-state index in [1.54, 1.807) is 26.0 Å². The van der Waals surface area contributed by atoms with Crippen molar-refractivity contribution in [3.63, 3.8) is 0 Å². The van der Waals surface area contributed by atoms with Gasteiger partial charge in [-0.15, -0.1) is 0 Å². The molecule has 142 valence electrons. The maximum Gasteiger partial charge on any atom is 0.336 e. The number of amides is 3. The average molecular weight is 372 g/mol. The number of nitrogens with zero attached hydrogens (tertiary/aromatic N) is 1. The van der Waals surface area contributed by atoms with Crippen molar-refractivity contribution in [2.24, 2.45) is 0 Å². The number of aryl methyl sites for hydroxylation is 1. The average Bonchev–Trinajstić information content (AvgIpc) is 2.77. The summed E-state index contributed by atoms with van der Waals surface area (Å²) in [5, 5.41) is 3.23. The number of hydrogen-bond donors (Lipinski definition) is 1. The van der Waals surface area contributed by atoms with Gasteiger partial charge >= 0.3 is 17.6 Å². The van der Waals surface area contributed by atoms with Gasteiger partial charge in [0.15, 0.2) is 0 Å². The lowest BCUT2D eigenvalue weighted by Crippen LogP contribution is -2.40. The maximum atomic E-state index is 12.1. The molecular weight excluding hydrogens is 352 g/mol. The van der Waals surface area contributed by atoms with Gasteiger partial charge in [-0.25, -0.2) is 9.59 Å². The van der Waals surface area contributed by atoms with Gasteiger partial charge in [-0.05, 0) is 32.4 Å². The second kappa shape index (κ2) is 6.86. The molecular formula is C19H20N2O6. The van der Waals surface area contributed by atoms with Crippen LogP contribution in [0.5, 0.6) is 0 Å². The summed E-state index contributed by atoms with van der Waals surface area (Å²) in [6.45, 7) is 4.90. The lowest BCUT2D eigenvalue weighted by Gasteiger charge is -2.15. The molecule has 1 aliphatic rings. The lowest BCUT2D eigenvalue weighted by molar-refractivity contribution is -0.145. The summed E-state index contributed by atoms with van der Waals surface area (Å²) in [5.74, 6) is -0.962. The third-order valence-electron chi connectivity index (χ3n) is 4.36. The Bertz CT molecular complexity index is 991. The number of urea groups is 1. The number of imide groups is 1. The first-order valence-electron chi connectivity index (χ1n) is 8.50. The summed E-state index contributed by atoms with van der Waals surface area (Å²) >= 11 is 0. The zero-order valence-electron chi connectivity index (χ0n) is 15.3. The van der Waals surface area contributed by atoms with E-state index in [1.165, 1.54) is 6.07 Å². The molecule has 1 aromatic heterocycles. The van der Waals surface area contributed by atoms with Crippen LogP contribution >= 0.6 is 0 Å². The number of fused-ring (bicyclic) bond motifs is 1. The largest absolute Gasteiger partial charge is 0.461 e. The zero-order valence-corrected chi connectivity index (χ0v) is 15.3. The number of carbonyl (C=O) groups excluding carboxylic acids is 3. The van der Waals surface area contributed by atoms with Gasteiger partial charge < -0.3 is 14.5 Å². The number of ether oxygens (including phenoxy) is 1. The summed E-state index contributed by atoms with van der Waals surface area (Å²) < 4.78 is 10.4. The van der Waals surface area contributed by atoms with Crippen LogP contribution in [0, 0.1) is 6.92 Å². The minimum absolute atomic E-state index is 0.0657. The van der Waals surface area contributed by atoms with Crippen molar-refractivity contribution in [1.82, 2.24) is 10.2 Å². The second-order valence-electron chi connectivity index (χ2n) is 7.01. The van der Waals surface area contributed by atoms with Gasteiger partial charge in [-0.3, -0.25) is 14.5 Å². The SMILES string of the molecule is Cc1ccc2c(COC(=O)CCN3C(=O)NC(C)(C)C3=O)cc(=O)oc2c1. The molecule has 0 atom stereocenters. The number of esters is 1. The van der Waals surface area contributed by atoms with Gasteiger partial charge in [0.1, 0.15) is 17.7 Å². The highest BCUT2D eigenvalue weighted by atomic mass is 16.5. The quantitative estimate of drug-likeness (QED) is 0.488. The van der Waals surface area contributed by atoms with Crippen LogP contribution in [0.1, 0.15) is 31.4 Å². The summed E-state index contributed by atoms with van der Waals surface area (Å²) in [4.78, 5) is 48.6. The van der Waals surface area contributed by atoms with E-state index in [1.807, 2.05) is 13.0 Å². The van der Waals surface area contributed by atoms with E-state index in [-0.39, 0.29) is 25.5 Å². The molecule has 1 aromatic carbocycles. The highest BCUT2D eigenvalue weighted by Crippen LogP contribution is 2.20. The summed E-state index contributed by atoms with van der Waals surface area (Å²) in [5.41, 5.74) is 0.397. The Labute approximate surface area is 155 Å². The van der Waals surface area contributed by atoms with Crippen molar-refractivity contribution in [3.05, 3.63) is 45.8 Å². The Hall–Kier alpha value is -3.16. The predicted molar refractivity (Wildman–Crippen MR) is 96.0 cm³/mol. The number of hydrogen-bond acceptors (Lipinski definition) is 6. The van der Waals surface area contributed by atoms with Crippen LogP contribution < -0.4 is 10.9 Å². The second-order valence-corrected chi connectivity index (χ2v) is 7.01. The van der Waals surface area contributed by atoms with Crippen molar-refractivity contribution >= 4 is 28.9 Å². The highest BCUT2D eigenvalue weighted by Gasteiger charge is 2.44. The van der Waals surface area contributed by atoms with E-state index in [4.69, 9.17) is 9.15 Å². The third-order valence-corrected chi connectivity index (χ3v) is 4.36. The van der Waals surface area contributed by atoms with E-state index in [9.17, 15) is 19.2 Å². The number of rotatable bonds is 5. The van der Waals surface area contributed by atoms with Crippen molar-refractivity contribution < 1.29 is 23.5 Å². The molecule has 0 radical (unpaired) electrons. The van der Waals surface area contributed by atoms with Crippen molar-refractivity contribution in [2.75, 3.05) is 6.54 Å². The third kappa shape index (κ3) is 3.84. The molecule has 0 aliphatic carbocycles. The molecule has 0 bridgehead atoms. The van der Waals surface area contributed by atoms with Gasteiger partial charge in [-0.1, -0.05) is 12.1 Å². The number of benzene rings is 1. The fourth-order valence-corrected chi connectivity index (χ4v) is 2.91. The molecule has 0 saturated carbocycles. The Morgan fingerprint density at radius 3 is 2.63 bits per heavy atom. The fraction of sp³-hybridized carbons (Fsp3) is 0.368. The van der Waals surface area contributed by atoms with E-state index < -0.39 is 23.2 Å². The van der Waals surface area contributed by atoms with Crippen LogP contribution in [0.3, 0.4) is 0 Å². The molecule has 2 heterocycles. The minimum Gasteiger partial charge on any atom is -0.461 e. The van der Waals surface area contributed by atoms with Crippen LogP contribution in [0.15, 0.2) is 33.5 Å². The Morgan fingerprint density at radius 2 is 1.96 bits per heavy atom. The first kappa shape index (κ1) is 18.6. The smallest absolute Gasteiger partial charge is 0.336 e. The van der Waals surface area contributed by atoms with Crippen LogP contribution in [0.2, 0.25) is 0 Å². The molecule has 8 nitrogen and oxygen atoms in total. The molecule has 27 heavy (non-hydrogen) atoms. The summed E-state index contributed by atoms with van der Waals surface area (Å²) in [7, 11) is 0. The summed E-state index contributed by atoms with van der Waals surface area (Å²) in [6, 6.07) is 6.16.